The number of rotatable bonds is 15. The molecule has 4 nitrogen and oxygen atoms in total. The van der Waals surface area contributed by atoms with E-state index in [0.29, 0.717) is 12.2 Å². The van der Waals surface area contributed by atoms with Crippen molar-refractivity contribution in [1.29, 1.82) is 0 Å². The Morgan fingerprint density at radius 2 is 1.32 bits per heavy atom. The van der Waals surface area contributed by atoms with Crippen LogP contribution in [0.3, 0.4) is 0 Å². The van der Waals surface area contributed by atoms with Crippen LogP contribution >= 0.6 is 0 Å². The monoisotopic (exact) mass is 504 g/mol. The van der Waals surface area contributed by atoms with E-state index in [4.69, 9.17) is 13.3 Å². The van der Waals surface area contributed by atoms with Gasteiger partial charge in [0.05, 0.1) is 14.7 Å². The van der Waals surface area contributed by atoms with Gasteiger partial charge in [0, 0.05) is 10.8 Å². The standard InChI is InChI=1S/C23H52O4Si4/c1-14-23(15-2,26-28(5,6)7)29(8,9)19-20-31(12,13)27-30(10,11)18-16-17-25-22(24)21(3)4/h3,14-20H2,1-2,4-13H3. The SMILES string of the molecule is C=C(C)C(=O)OCCC[Si](C)(C)O[Si](C)(C)CC[Si](C)(C)C(CC)(CC)O[Si](C)(C)C. The first-order valence-corrected chi connectivity index (χ1v) is 24.9. The molecule has 0 rings (SSSR count). The molecule has 0 aliphatic rings. The molecule has 0 heterocycles. The molecule has 184 valence electrons. The molecule has 0 aliphatic heterocycles. The molecule has 0 radical (unpaired) electrons. The van der Waals surface area contributed by atoms with E-state index >= 15 is 0 Å². The Balaban J connectivity index is 4.98. The number of hydrogen-bond donors (Lipinski definition) is 0. The Morgan fingerprint density at radius 3 is 1.74 bits per heavy atom. The van der Waals surface area contributed by atoms with Crippen molar-refractivity contribution in [3.63, 3.8) is 0 Å². The van der Waals surface area contributed by atoms with Gasteiger partial charge < -0.3 is 13.3 Å². The molecule has 0 aromatic heterocycles. The molecular formula is C23H52O4Si4. The summed E-state index contributed by atoms with van der Waals surface area (Å²) < 4.78 is 19.0. The van der Waals surface area contributed by atoms with Gasteiger partial charge in [-0.15, -0.1) is 0 Å². The first-order chi connectivity index (χ1) is 13.8. The molecule has 0 atom stereocenters. The minimum Gasteiger partial charge on any atom is -0.462 e. The molecule has 8 heteroatoms. The number of ether oxygens (including phenoxy) is 1. The van der Waals surface area contributed by atoms with Gasteiger partial charge in [-0.25, -0.2) is 4.79 Å². The topological polar surface area (TPSA) is 44.8 Å². The Kier molecular flexibility index (Phi) is 11.9. The van der Waals surface area contributed by atoms with Crippen LogP contribution in [-0.4, -0.2) is 50.8 Å². The van der Waals surface area contributed by atoms with E-state index in [1.165, 1.54) is 12.1 Å². The second-order valence-electron chi connectivity index (χ2n) is 11.9. The minimum atomic E-state index is -1.80. The average molecular weight is 505 g/mol. The molecule has 0 aromatic carbocycles. The molecule has 0 saturated carbocycles. The van der Waals surface area contributed by atoms with Crippen molar-refractivity contribution in [3.8, 4) is 0 Å². The largest absolute Gasteiger partial charge is 0.462 e. The minimum absolute atomic E-state index is 0.0715. The summed E-state index contributed by atoms with van der Waals surface area (Å²) >= 11 is 0. The summed E-state index contributed by atoms with van der Waals surface area (Å²) in [5, 5.41) is 0.0715. The summed E-state index contributed by atoms with van der Waals surface area (Å²) in [5.74, 6) is -0.293. The second kappa shape index (κ2) is 11.9. The van der Waals surface area contributed by atoms with Gasteiger partial charge in [0.25, 0.3) is 0 Å². The Morgan fingerprint density at radius 1 is 0.839 bits per heavy atom. The van der Waals surface area contributed by atoms with E-state index < -0.39 is 33.0 Å². The number of carbonyl (C=O) groups is 1. The van der Waals surface area contributed by atoms with Gasteiger partial charge in [-0.3, -0.25) is 0 Å². The molecule has 0 fully saturated rings. The predicted octanol–water partition coefficient (Wildman–Crippen LogP) is 7.58. The molecule has 0 amide bonds. The fourth-order valence-electron chi connectivity index (χ4n) is 4.55. The number of esters is 1. The maximum absolute atomic E-state index is 11.6. The van der Waals surface area contributed by atoms with Crippen LogP contribution in [0.1, 0.15) is 40.0 Å². The highest BCUT2D eigenvalue weighted by Gasteiger charge is 2.48. The first-order valence-electron chi connectivity index (χ1n) is 12.0. The van der Waals surface area contributed by atoms with Crippen molar-refractivity contribution in [1.82, 2.24) is 0 Å². The van der Waals surface area contributed by atoms with Crippen molar-refractivity contribution in [2.45, 2.75) is 122 Å². The Labute approximate surface area is 197 Å². The third-order valence-electron chi connectivity index (χ3n) is 6.29. The lowest BCUT2D eigenvalue weighted by atomic mass is 10.2. The first kappa shape index (κ1) is 31.0. The van der Waals surface area contributed by atoms with Crippen LogP contribution < -0.4 is 0 Å². The van der Waals surface area contributed by atoms with Gasteiger partial charge in [-0.2, -0.15) is 0 Å². The van der Waals surface area contributed by atoms with Gasteiger partial charge >= 0.3 is 5.97 Å². The summed E-state index contributed by atoms with van der Waals surface area (Å²) in [4.78, 5) is 11.6. The zero-order valence-corrected chi connectivity index (χ0v) is 26.8. The highest BCUT2D eigenvalue weighted by atomic mass is 28.4. The molecule has 0 aliphatic carbocycles. The maximum atomic E-state index is 11.6. The van der Waals surface area contributed by atoms with Crippen molar-refractivity contribution in [2.24, 2.45) is 0 Å². The van der Waals surface area contributed by atoms with Crippen LogP contribution in [0.4, 0.5) is 0 Å². The van der Waals surface area contributed by atoms with Crippen molar-refractivity contribution in [3.05, 3.63) is 12.2 Å². The molecule has 0 aromatic rings. The summed E-state index contributed by atoms with van der Waals surface area (Å²) in [5.41, 5.74) is 0.460. The van der Waals surface area contributed by atoms with E-state index in [9.17, 15) is 4.79 Å². The summed E-state index contributed by atoms with van der Waals surface area (Å²) in [6, 6.07) is 3.48. The van der Waals surface area contributed by atoms with E-state index in [-0.39, 0.29) is 11.2 Å². The lowest BCUT2D eigenvalue weighted by Gasteiger charge is -2.49. The zero-order chi connectivity index (χ0) is 24.7. The number of hydrogen-bond acceptors (Lipinski definition) is 4. The summed E-state index contributed by atoms with van der Waals surface area (Å²) in [6.45, 7) is 31.8. The molecule has 0 N–H and O–H groups in total. The number of carbonyl (C=O) groups excluding carboxylic acids is 1. The fraction of sp³-hybridized carbons (Fsp3) is 0.870. The van der Waals surface area contributed by atoms with Crippen molar-refractivity contribution in [2.75, 3.05) is 6.61 Å². The van der Waals surface area contributed by atoms with Crippen LogP contribution in [0.5, 0.6) is 0 Å². The van der Waals surface area contributed by atoms with Crippen molar-refractivity contribution < 1.29 is 18.1 Å². The van der Waals surface area contributed by atoms with Crippen LogP contribution in [-0.2, 0) is 18.1 Å². The normalized spacial score (nSPS) is 13.9. The second-order valence-corrected chi connectivity index (χ2v) is 30.4. The summed E-state index contributed by atoms with van der Waals surface area (Å²) in [6.07, 6.45) is 3.08. The molecular weight excluding hydrogens is 453 g/mol. The maximum Gasteiger partial charge on any atom is 0.333 e. The van der Waals surface area contributed by atoms with Gasteiger partial charge in [0.1, 0.15) is 0 Å². The third-order valence-corrected chi connectivity index (χ3v) is 20.2. The summed E-state index contributed by atoms with van der Waals surface area (Å²) in [7, 11) is -6.80. The fourth-order valence-corrected chi connectivity index (χ4v) is 23.1. The quantitative estimate of drug-likeness (QED) is 0.0997. The Hall–Kier alpha value is -0.00247. The van der Waals surface area contributed by atoms with E-state index in [1.54, 1.807) is 6.92 Å². The van der Waals surface area contributed by atoms with Crippen molar-refractivity contribution >= 4 is 39.0 Å². The average Bonchev–Trinajstić information content (AvgIpc) is 2.59. The zero-order valence-electron chi connectivity index (χ0n) is 22.8. The highest BCUT2D eigenvalue weighted by molar-refractivity contribution is 6.87. The molecule has 0 bridgehead atoms. The molecule has 31 heavy (non-hydrogen) atoms. The Bertz CT molecular complexity index is 591. The van der Waals surface area contributed by atoms with Gasteiger partial charge in [-0.1, -0.05) is 39.6 Å². The van der Waals surface area contributed by atoms with E-state index in [1.807, 2.05) is 0 Å². The highest BCUT2D eigenvalue weighted by Crippen LogP contribution is 2.39. The molecule has 0 saturated heterocycles. The predicted molar refractivity (Wildman–Crippen MR) is 146 cm³/mol. The lowest BCUT2D eigenvalue weighted by molar-refractivity contribution is -0.138. The van der Waals surface area contributed by atoms with Gasteiger partial charge in [0.15, 0.2) is 25.0 Å². The van der Waals surface area contributed by atoms with E-state index in [2.05, 4.69) is 79.3 Å². The molecule has 0 spiro atoms. The van der Waals surface area contributed by atoms with Crippen LogP contribution in [0, 0.1) is 0 Å². The third kappa shape index (κ3) is 11.1. The van der Waals surface area contributed by atoms with Gasteiger partial charge in [-0.05, 0) is 84.1 Å². The van der Waals surface area contributed by atoms with Crippen LogP contribution in [0.2, 0.25) is 77.1 Å². The smallest absolute Gasteiger partial charge is 0.333 e. The van der Waals surface area contributed by atoms with Crippen LogP contribution in [0.25, 0.3) is 0 Å². The van der Waals surface area contributed by atoms with E-state index in [0.717, 1.165) is 25.3 Å². The van der Waals surface area contributed by atoms with Gasteiger partial charge in [0.2, 0.25) is 0 Å². The molecule has 0 unspecified atom stereocenters. The van der Waals surface area contributed by atoms with Crippen LogP contribution in [0.15, 0.2) is 12.2 Å². The lowest BCUT2D eigenvalue weighted by Crippen LogP contribution is -2.60.